The molecule has 0 atom stereocenters. The monoisotopic (exact) mass is 527 g/mol. The molecule has 0 saturated carbocycles. The molecule has 2 aliphatic heterocycles. The van der Waals surface area contributed by atoms with Gasteiger partial charge < -0.3 is 15.1 Å². The zero-order valence-corrected chi connectivity index (χ0v) is 20.2. The largest absolute Gasteiger partial charge is 0.356 e. The van der Waals surface area contributed by atoms with E-state index in [1.807, 2.05) is 4.90 Å². The smallest absolute Gasteiger partial charge is 0.193 e. The van der Waals surface area contributed by atoms with Crippen LogP contribution in [0, 0.1) is 0 Å². The number of anilines is 1. The van der Waals surface area contributed by atoms with Gasteiger partial charge in [0.2, 0.25) is 0 Å². The maximum atomic E-state index is 12.2. The van der Waals surface area contributed by atoms with Crippen molar-refractivity contribution >= 4 is 56.2 Å². The van der Waals surface area contributed by atoms with Crippen molar-refractivity contribution in [3.63, 3.8) is 0 Å². The molecule has 27 heavy (non-hydrogen) atoms. The first-order valence-corrected chi connectivity index (χ1v) is 11.7. The summed E-state index contributed by atoms with van der Waals surface area (Å²) >= 11 is 1.72. The SMILES string of the molecule is CN=C(NCCc1csc(N2CCCC2)n1)N1CCS(=O)(=O)C(C)(C)C1.I. The van der Waals surface area contributed by atoms with E-state index in [1.165, 1.54) is 12.8 Å². The average Bonchev–Trinajstić information content (AvgIpc) is 3.25. The minimum atomic E-state index is -3.04. The lowest BCUT2D eigenvalue weighted by Crippen LogP contribution is -2.57. The van der Waals surface area contributed by atoms with Gasteiger partial charge in [-0.25, -0.2) is 13.4 Å². The van der Waals surface area contributed by atoms with Gasteiger partial charge in [-0.2, -0.15) is 0 Å². The lowest BCUT2D eigenvalue weighted by atomic mass is 10.2. The van der Waals surface area contributed by atoms with Crippen molar-refractivity contribution in [2.24, 2.45) is 4.99 Å². The number of halogens is 1. The number of aliphatic imine (C=N–C) groups is 1. The van der Waals surface area contributed by atoms with Crippen molar-refractivity contribution in [1.29, 1.82) is 0 Å². The van der Waals surface area contributed by atoms with Crippen molar-refractivity contribution in [2.45, 2.75) is 37.9 Å². The number of guanidine groups is 1. The van der Waals surface area contributed by atoms with Crippen LogP contribution in [0.3, 0.4) is 0 Å². The molecular formula is C17H30IN5O2S2. The lowest BCUT2D eigenvalue weighted by Gasteiger charge is -2.39. The zero-order chi connectivity index (χ0) is 18.8. The molecule has 2 fully saturated rings. The third-order valence-electron chi connectivity index (χ3n) is 5.14. The molecule has 1 N–H and O–H groups in total. The summed E-state index contributed by atoms with van der Waals surface area (Å²) < 4.78 is 23.6. The van der Waals surface area contributed by atoms with Gasteiger partial charge in [-0.1, -0.05) is 0 Å². The molecule has 0 spiro atoms. The number of aromatic nitrogens is 1. The Kier molecular flexibility index (Phi) is 7.77. The Morgan fingerprint density at radius 3 is 2.67 bits per heavy atom. The van der Waals surface area contributed by atoms with Crippen molar-refractivity contribution in [3.8, 4) is 0 Å². The standard InChI is InChI=1S/C17H29N5O2S2.HI/c1-17(2)13-22(10-11-26(17,23)24)15(18-3)19-7-6-14-12-25-16(20-14)21-8-4-5-9-21;/h12H,4-11,13H2,1-3H3,(H,18,19);1H. The fourth-order valence-electron chi connectivity index (χ4n) is 3.42. The van der Waals surface area contributed by atoms with Gasteiger partial charge in [0.25, 0.3) is 0 Å². The predicted octanol–water partition coefficient (Wildman–Crippen LogP) is 1.99. The molecule has 0 bridgehead atoms. The number of sulfone groups is 1. The summed E-state index contributed by atoms with van der Waals surface area (Å²) in [6.07, 6.45) is 3.35. The van der Waals surface area contributed by atoms with E-state index in [4.69, 9.17) is 4.98 Å². The van der Waals surface area contributed by atoms with E-state index in [0.717, 1.165) is 42.8 Å². The molecule has 0 aromatic carbocycles. The Morgan fingerprint density at radius 2 is 2.04 bits per heavy atom. The quantitative estimate of drug-likeness (QED) is 0.367. The van der Waals surface area contributed by atoms with E-state index in [1.54, 1.807) is 32.2 Å². The number of nitrogens with zero attached hydrogens (tertiary/aromatic N) is 4. The van der Waals surface area contributed by atoms with Crippen molar-refractivity contribution in [3.05, 3.63) is 11.1 Å². The third-order valence-corrected chi connectivity index (χ3v) is 8.62. The highest BCUT2D eigenvalue weighted by Gasteiger charge is 2.40. The molecule has 0 amide bonds. The minimum Gasteiger partial charge on any atom is -0.356 e. The van der Waals surface area contributed by atoms with Crippen LogP contribution in [0.25, 0.3) is 0 Å². The van der Waals surface area contributed by atoms with Gasteiger partial charge >= 0.3 is 0 Å². The molecule has 1 aromatic rings. The van der Waals surface area contributed by atoms with Gasteiger partial charge in [0.15, 0.2) is 20.9 Å². The summed E-state index contributed by atoms with van der Waals surface area (Å²) in [5.41, 5.74) is 1.10. The lowest BCUT2D eigenvalue weighted by molar-refractivity contribution is 0.353. The average molecular weight is 527 g/mol. The number of thiazole rings is 1. The van der Waals surface area contributed by atoms with Gasteiger partial charge in [0.1, 0.15) is 0 Å². The fraction of sp³-hybridized carbons (Fsp3) is 0.765. The van der Waals surface area contributed by atoms with Crippen molar-refractivity contribution in [1.82, 2.24) is 15.2 Å². The Hall–Kier alpha value is -0.620. The summed E-state index contributed by atoms with van der Waals surface area (Å²) in [4.78, 5) is 13.5. The van der Waals surface area contributed by atoms with E-state index in [0.29, 0.717) is 13.1 Å². The van der Waals surface area contributed by atoms with E-state index in [-0.39, 0.29) is 29.7 Å². The molecule has 2 aliphatic rings. The minimum absolute atomic E-state index is 0. The summed E-state index contributed by atoms with van der Waals surface area (Å²) in [5.74, 6) is 0.939. The maximum absolute atomic E-state index is 12.2. The Morgan fingerprint density at radius 1 is 1.33 bits per heavy atom. The Labute approximate surface area is 183 Å². The summed E-state index contributed by atoms with van der Waals surface area (Å²) in [6, 6.07) is 0. The van der Waals surface area contributed by atoms with Crippen LogP contribution in [0.1, 0.15) is 32.4 Å². The Bertz CT molecular complexity index is 757. The summed E-state index contributed by atoms with van der Waals surface area (Å²) in [5, 5.41) is 6.63. The molecule has 1 aromatic heterocycles. The van der Waals surface area contributed by atoms with E-state index >= 15 is 0 Å². The molecule has 0 radical (unpaired) electrons. The Balaban J connectivity index is 0.00000261. The van der Waals surface area contributed by atoms with Crippen molar-refractivity contribution < 1.29 is 8.42 Å². The fourth-order valence-corrected chi connectivity index (χ4v) is 5.70. The normalized spacial score (nSPS) is 21.8. The van der Waals surface area contributed by atoms with Crippen LogP contribution in [0.15, 0.2) is 10.4 Å². The highest BCUT2D eigenvalue weighted by molar-refractivity contribution is 14.0. The third kappa shape index (κ3) is 5.26. The molecule has 7 nitrogen and oxygen atoms in total. The number of rotatable bonds is 4. The van der Waals surface area contributed by atoms with E-state index in [2.05, 4.69) is 20.6 Å². The highest BCUT2D eigenvalue weighted by Crippen LogP contribution is 2.25. The summed E-state index contributed by atoms with van der Waals surface area (Å²) in [6.45, 7) is 7.50. The number of hydrogen-bond acceptors (Lipinski definition) is 6. The second kappa shape index (κ2) is 9.25. The van der Waals surface area contributed by atoms with Crippen LogP contribution in [0.5, 0.6) is 0 Å². The molecule has 3 heterocycles. The van der Waals surface area contributed by atoms with Gasteiger partial charge in [0.05, 0.1) is 16.2 Å². The predicted molar refractivity (Wildman–Crippen MR) is 123 cm³/mol. The van der Waals surface area contributed by atoms with Gasteiger partial charge in [-0.15, -0.1) is 35.3 Å². The van der Waals surface area contributed by atoms with Crippen molar-refractivity contribution in [2.75, 3.05) is 50.4 Å². The van der Waals surface area contributed by atoms with Crippen LogP contribution in [0.4, 0.5) is 5.13 Å². The maximum Gasteiger partial charge on any atom is 0.193 e. The highest BCUT2D eigenvalue weighted by atomic mass is 127. The zero-order valence-electron chi connectivity index (χ0n) is 16.3. The molecule has 2 saturated heterocycles. The molecule has 3 rings (SSSR count). The molecule has 154 valence electrons. The van der Waals surface area contributed by atoms with E-state index < -0.39 is 14.6 Å². The van der Waals surface area contributed by atoms with Crippen LogP contribution in [-0.4, -0.2) is 74.5 Å². The summed E-state index contributed by atoms with van der Waals surface area (Å²) in [7, 11) is -1.30. The second-order valence-corrected chi connectivity index (χ2v) is 11.1. The first kappa shape index (κ1) is 22.7. The van der Waals surface area contributed by atoms with E-state index in [9.17, 15) is 8.42 Å². The van der Waals surface area contributed by atoms with Crippen LogP contribution >= 0.6 is 35.3 Å². The second-order valence-electron chi connectivity index (χ2n) is 7.54. The number of hydrogen-bond donors (Lipinski definition) is 1. The van der Waals surface area contributed by atoms with Crippen LogP contribution < -0.4 is 10.2 Å². The van der Waals surface area contributed by atoms with Gasteiger partial charge in [-0.05, 0) is 26.7 Å². The first-order chi connectivity index (χ1) is 12.3. The molecular weight excluding hydrogens is 497 g/mol. The topological polar surface area (TPSA) is 77.9 Å². The van der Waals surface area contributed by atoms with Crippen LogP contribution in [-0.2, 0) is 16.3 Å². The number of nitrogens with one attached hydrogen (secondary N) is 1. The van der Waals surface area contributed by atoms with Gasteiger partial charge in [0, 0.05) is 51.6 Å². The molecule has 0 aliphatic carbocycles. The van der Waals surface area contributed by atoms with Crippen LogP contribution in [0.2, 0.25) is 0 Å². The first-order valence-electron chi connectivity index (χ1n) is 9.20. The molecule has 10 heteroatoms. The molecule has 0 unspecified atom stereocenters. The van der Waals surface area contributed by atoms with Gasteiger partial charge in [-0.3, -0.25) is 4.99 Å².